The smallest absolute Gasteiger partial charge is 0.313 e. The Morgan fingerprint density at radius 2 is 1.56 bits per heavy atom. The first-order valence-corrected chi connectivity index (χ1v) is 7.00. The molecule has 0 saturated heterocycles. The molecule has 1 fully saturated rings. The molecule has 0 aliphatic heterocycles. The van der Waals surface area contributed by atoms with Crippen LogP contribution in [0.4, 0.5) is 13.2 Å². The molecule has 0 amide bonds. The number of alkyl halides is 3. The van der Waals surface area contributed by atoms with Crippen LogP contribution in [0.3, 0.4) is 0 Å². The molecule has 1 aliphatic rings. The van der Waals surface area contributed by atoms with Gasteiger partial charge in [-0.05, 0) is 24.6 Å². The van der Waals surface area contributed by atoms with Crippen molar-refractivity contribution >= 4 is 11.8 Å². The van der Waals surface area contributed by atoms with E-state index in [-0.39, 0.29) is 17.5 Å². The second kappa shape index (κ2) is 7.43. The highest BCUT2D eigenvalue weighted by Gasteiger charge is 2.27. The van der Waals surface area contributed by atoms with Gasteiger partial charge in [-0.25, -0.2) is 0 Å². The molecule has 0 aromatic carbocycles. The van der Waals surface area contributed by atoms with Gasteiger partial charge in [-0.3, -0.25) is 0 Å². The molecular weight excluding hydrogens is 235 g/mol. The number of halogens is 3. The van der Waals surface area contributed by atoms with Gasteiger partial charge in [0.25, 0.3) is 0 Å². The molecule has 0 unspecified atom stereocenters. The molecule has 1 N–H and O–H groups in total. The second-order valence-corrected chi connectivity index (χ2v) is 5.45. The molecule has 1 nitrogen and oxygen atoms in total. The fourth-order valence-electron chi connectivity index (χ4n) is 2.09. The van der Waals surface area contributed by atoms with Gasteiger partial charge >= 0.3 is 5.51 Å². The van der Waals surface area contributed by atoms with Gasteiger partial charge in [0.05, 0.1) is 0 Å². The normalized spacial score (nSPS) is 20.4. The van der Waals surface area contributed by atoms with Gasteiger partial charge < -0.3 is 5.32 Å². The molecular formula is C11H20F3NS. The maximum Gasteiger partial charge on any atom is 0.441 e. The van der Waals surface area contributed by atoms with Crippen molar-refractivity contribution in [2.75, 3.05) is 12.3 Å². The Morgan fingerprint density at radius 1 is 1.00 bits per heavy atom. The van der Waals surface area contributed by atoms with Crippen LogP contribution in [0.15, 0.2) is 0 Å². The third-order valence-electron chi connectivity index (χ3n) is 2.91. The summed E-state index contributed by atoms with van der Waals surface area (Å²) in [7, 11) is 0. The minimum absolute atomic E-state index is 0.0690. The van der Waals surface area contributed by atoms with Crippen LogP contribution in [0.2, 0.25) is 0 Å². The molecule has 0 radical (unpaired) electrons. The Labute approximate surface area is 99.6 Å². The lowest BCUT2D eigenvalue weighted by atomic mass is 9.97. The summed E-state index contributed by atoms with van der Waals surface area (Å²) < 4.78 is 35.6. The standard InChI is InChI=1S/C11H20F3NS/c12-11(13,14)16-9-8-15-10-6-4-2-1-3-5-7-10/h10,15H,1-9H2. The highest BCUT2D eigenvalue weighted by atomic mass is 32.2. The maximum absolute atomic E-state index is 11.9. The van der Waals surface area contributed by atoms with E-state index in [1.165, 1.54) is 32.1 Å². The Hall–Kier alpha value is 0.1000. The van der Waals surface area contributed by atoms with Gasteiger partial charge in [-0.1, -0.05) is 32.1 Å². The molecule has 0 bridgehead atoms. The van der Waals surface area contributed by atoms with Crippen molar-refractivity contribution in [1.29, 1.82) is 0 Å². The average molecular weight is 255 g/mol. The molecule has 0 atom stereocenters. The minimum atomic E-state index is -4.08. The van der Waals surface area contributed by atoms with Crippen molar-refractivity contribution in [2.45, 2.75) is 56.5 Å². The third kappa shape index (κ3) is 7.39. The molecule has 1 saturated carbocycles. The number of rotatable bonds is 4. The van der Waals surface area contributed by atoms with Crippen LogP contribution in [0.25, 0.3) is 0 Å². The van der Waals surface area contributed by atoms with E-state index in [1.54, 1.807) is 0 Å². The lowest BCUT2D eigenvalue weighted by Crippen LogP contribution is -2.31. The van der Waals surface area contributed by atoms with Crippen LogP contribution in [-0.4, -0.2) is 23.8 Å². The van der Waals surface area contributed by atoms with Crippen LogP contribution in [0.1, 0.15) is 44.9 Å². The van der Waals surface area contributed by atoms with Crippen molar-refractivity contribution in [3.05, 3.63) is 0 Å². The summed E-state index contributed by atoms with van der Waals surface area (Å²) in [6.45, 7) is 0.467. The monoisotopic (exact) mass is 255 g/mol. The van der Waals surface area contributed by atoms with Crippen LogP contribution in [-0.2, 0) is 0 Å². The Kier molecular flexibility index (Phi) is 6.58. The van der Waals surface area contributed by atoms with E-state index in [9.17, 15) is 13.2 Å². The Bertz CT molecular complexity index is 177. The predicted octanol–water partition coefficient (Wildman–Crippen LogP) is 3.94. The Balaban J connectivity index is 2.06. The average Bonchev–Trinajstić information content (AvgIpc) is 2.13. The first-order valence-electron chi connectivity index (χ1n) is 6.02. The summed E-state index contributed by atoms with van der Waals surface area (Å²) in [5, 5.41) is 3.24. The van der Waals surface area contributed by atoms with Crippen molar-refractivity contribution in [1.82, 2.24) is 5.32 Å². The van der Waals surface area contributed by atoms with Crippen molar-refractivity contribution in [3.63, 3.8) is 0 Å². The van der Waals surface area contributed by atoms with Crippen molar-refractivity contribution in [3.8, 4) is 0 Å². The fourth-order valence-corrected chi connectivity index (χ4v) is 2.54. The maximum atomic E-state index is 11.9. The third-order valence-corrected chi connectivity index (χ3v) is 3.64. The van der Waals surface area contributed by atoms with Crippen molar-refractivity contribution < 1.29 is 13.2 Å². The Morgan fingerprint density at radius 3 is 2.12 bits per heavy atom. The molecule has 0 heterocycles. The summed E-state index contributed by atoms with van der Waals surface area (Å²) in [6.07, 6.45) is 8.53. The van der Waals surface area contributed by atoms with E-state index in [2.05, 4.69) is 5.32 Å². The van der Waals surface area contributed by atoms with E-state index in [1.807, 2.05) is 0 Å². The second-order valence-electron chi connectivity index (χ2n) is 4.29. The summed E-state index contributed by atoms with van der Waals surface area (Å²) in [5.74, 6) is 0.125. The number of thioether (sulfide) groups is 1. The summed E-state index contributed by atoms with van der Waals surface area (Å²) in [5.41, 5.74) is -4.08. The van der Waals surface area contributed by atoms with E-state index in [0.717, 1.165) is 12.8 Å². The zero-order chi connectivity index (χ0) is 11.9. The molecule has 96 valence electrons. The van der Waals surface area contributed by atoms with Gasteiger partial charge in [-0.15, -0.1) is 0 Å². The number of hydrogen-bond donors (Lipinski definition) is 1. The SMILES string of the molecule is FC(F)(F)SCCNC1CCCCCCC1. The fraction of sp³-hybridized carbons (Fsp3) is 1.00. The molecule has 1 aliphatic carbocycles. The molecule has 0 spiro atoms. The molecule has 16 heavy (non-hydrogen) atoms. The van der Waals surface area contributed by atoms with E-state index >= 15 is 0 Å². The van der Waals surface area contributed by atoms with Gasteiger partial charge in [0.1, 0.15) is 0 Å². The zero-order valence-corrected chi connectivity index (χ0v) is 10.3. The first kappa shape index (κ1) is 14.2. The van der Waals surface area contributed by atoms with Crippen molar-refractivity contribution in [2.24, 2.45) is 0 Å². The van der Waals surface area contributed by atoms with Crippen LogP contribution >= 0.6 is 11.8 Å². The quantitative estimate of drug-likeness (QED) is 0.764. The topological polar surface area (TPSA) is 12.0 Å². The summed E-state index contributed by atoms with van der Waals surface area (Å²) in [4.78, 5) is 0. The van der Waals surface area contributed by atoms with E-state index in [4.69, 9.17) is 0 Å². The largest absolute Gasteiger partial charge is 0.441 e. The van der Waals surface area contributed by atoms with Crippen LogP contribution < -0.4 is 5.32 Å². The lowest BCUT2D eigenvalue weighted by Gasteiger charge is -2.21. The number of nitrogens with one attached hydrogen (secondary N) is 1. The summed E-state index contributed by atoms with van der Waals surface area (Å²) in [6, 6.07) is 0.439. The van der Waals surface area contributed by atoms with Gasteiger partial charge in [0.2, 0.25) is 0 Å². The minimum Gasteiger partial charge on any atom is -0.313 e. The zero-order valence-electron chi connectivity index (χ0n) is 9.48. The first-order chi connectivity index (χ1) is 7.58. The highest BCUT2D eigenvalue weighted by molar-refractivity contribution is 8.00. The van der Waals surface area contributed by atoms with Crippen LogP contribution in [0, 0.1) is 0 Å². The van der Waals surface area contributed by atoms with Crippen LogP contribution in [0.5, 0.6) is 0 Å². The van der Waals surface area contributed by atoms with Gasteiger partial charge in [-0.2, -0.15) is 13.2 Å². The molecule has 0 aromatic heterocycles. The van der Waals surface area contributed by atoms with Gasteiger partial charge in [0.15, 0.2) is 0 Å². The van der Waals surface area contributed by atoms with E-state index < -0.39 is 5.51 Å². The molecule has 0 aromatic rings. The molecule has 5 heteroatoms. The highest BCUT2D eigenvalue weighted by Crippen LogP contribution is 2.29. The van der Waals surface area contributed by atoms with E-state index in [0.29, 0.717) is 12.6 Å². The predicted molar refractivity (Wildman–Crippen MR) is 62.6 cm³/mol. The molecule has 1 rings (SSSR count). The van der Waals surface area contributed by atoms with Gasteiger partial charge in [0, 0.05) is 18.3 Å². The summed E-state index contributed by atoms with van der Waals surface area (Å²) >= 11 is 0.0690. The lowest BCUT2D eigenvalue weighted by molar-refractivity contribution is -0.0327. The number of hydrogen-bond acceptors (Lipinski definition) is 2.